The van der Waals surface area contributed by atoms with E-state index < -0.39 is 0 Å². The maximum absolute atomic E-state index is 11.9. The highest BCUT2D eigenvalue weighted by atomic mass is 16.5. The third kappa shape index (κ3) is 4.39. The monoisotopic (exact) mass is 234 g/mol. The molecule has 0 bridgehead atoms. The number of hydrogen-bond donors (Lipinski definition) is 0. The minimum absolute atomic E-state index is 0.0650. The predicted molar refractivity (Wildman–Crippen MR) is 65.8 cm³/mol. The first-order chi connectivity index (χ1) is 8.17. The summed E-state index contributed by atoms with van der Waals surface area (Å²) in [4.78, 5) is 23.1. The van der Waals surface area contributed by atoms with Crippen LogP contribution in [-0.4, -0.2) is 18.9 Å². The van der Waals surface area contributed by atoms with Crippen molar-refractivity contribution in [3.05, 3.63) is 35.9 Å². The number of carbonyl (C=O) groups excluding carboxylic acids is 2. The first kappa shape index (κ1) is 13.4. The molecule has 3 heteroatoms. The Bertz CT molecular complexity index is 370. The molecule has 0 aliphatic heterocycles. The largest absolute Gasteiger partial charge is 0.469 e. The van der Waals surface area contributed by atoms with Crippen LogP contribution in [0.2, 0.25) is 0 Å². The van der Waals surface area contributed by atoms with Gasteiger partial charge in [0.2, 0.25) is 0 Å². The summed E-state index contributed by atoms with van der Waals surface area (Å²) in [7, 11) is 1.37. The molecule has 0 heterocycles. The molecule has 0 amide bonds. The van der Waals surface area contributed by atoms with Crippen molar-refractivity contribution in [1.29, 1.82) is 0 Å². The van der Waals surface area contributed by atoms with E-state index in [-0.39, 0.29) is 17.7 Å². The lowest BCUT2D eigenvalue weighted by atomic mass is 9.93. The SMILES string of the molecule is CC[C@H](CC(=O)OC)CC(=O)c1ccccc1. The number of carbonyl (C=O) groups is 2. The normalized spacial score (nSPS) is 11.9. The van der Waals surface area contributed by atoms with Gasteiger partial charge in [-0.15, -0.1) is 0 Å². The van der Waals surface area contributed by atoms with Gasteiger partial charge in [-0.1, -0.05) is 43.7 Å². The maximum Gasteiger partial charge on any atom is 0.305 e. The second kappa shape index (κ2) is 6.84. The predicted octanol–water partition coefficient (Wildman–Crippen LogP) is 2.85. The fraction of sp³-hybridized carbons (Fsp3) is 0.429. The Morgan fingerprint density at radius 1 is 1.18 bits per heavy atom. The molecule has 3 nitrogen and oxygen atoms in total. The van der Waals surface area contributed by atoms with E-state index in [9.17, 15) is 9.59 Å². The van der Waals surface area contributed by atoms with E-state index in [1.54, 1.807) is 12.1 Å². The van der Waals surface area contributed by atoms with Gasteiger partial charge in [-0.3, -0.25) is 9.59 Å². The molecule has 0 radical (unpaired) electrons. The van der Waals surface area contributed by atoms with E-state index in [1.165, 1.54) is 7.11 Å². The van der Waals surface area contributed by atoms with Crippen LogP contribution in [0.15, 0.2) is 30.3 Å². The second-order valence-corrected chi connectivity index (χ2v) is 4.05. The Labute approximate surface area is 102 Å². The number of ether oxygens (including phenoxy) is 1. The van der Waals surface area contributed by atoms with Crippen LogP contribution in [0.25, 0.3) is 0 Å². The minimum Gasteiger partial charge on any atom is -0.469 e. The smallest absolute Gasteiger partial charge is 0.305 e. The molecule has 1 aromatic rings. The summed E-state index contributed by atoms with van der Waals surface area (Å²) in [6.07, 6.45) is 1.51. The van der Waals surface area contributed by atoms with Gasteiger partial charge in [0.1, 0.15) is 0 Å². The Hall–Kier alpha value is -1.64. The quantitative estimate of drug-likeness (QED) is 0.561. The zero-order valence-corrected chi connectivity index (χ0v) is 10.3. The minimum atomic E-state index is -0.252. The second-order valence-electron chi connectivity index (χ2n) is 4.05. The third-order valence-electron chi connectivity index (χ3n) is 2.83. The van der Waals surface area contributed by atoms with E-state index in [1.807, 2.05) is 25.1 Å². The van der Waals surface area contributed by atoms with Crippen molar-refractivity contribution in [2.75, 3.05) is 7.11 Å². The van der Waals surface area contributed by atoms with Gasteiger partial charge in [0.05, 0.1) is 7.11 Å². The average Bonchev–Trinajstić information content (AvgIpc) is 2.38. The van der Waals surface area contributed by atoms with Crippen LogP contribution < -0.4 is 0 Å². The summed E-state index contributed by atoms with van der Waals surface area (Å²) in [5, 5.41) is 0. The number of ketones is 1. The van der Waals surface area contributed by atoms with Crippen molar-refractivity contribution in [1.82, 2.24) is 0 Å². The topological polar surface area (TPSA) is 43.4 Å². The van der Waals surface area contributed by atoms with E-state index in [0.29, 0.717) is 18.4 Å². The van der Waals surface area contributed by atoms with Gasteiger partial charge in [0, 0.05) is 18.4 Å². The fourth-order valence-electron chi connectivity index (χ4n) is 1.68. The summed E-state index contributed by atoms with van der Waals surface area (Å²) in [5.41, 5.74) is 0.704. The van der Waals surface area contributed by atoms with Crippen LogP contribution in [0.4, 0.5) is 0 Å². The fourth-order valence-corrected chi connectivity index (χ4v) is 1.68. The van der Waals surface area contributed by atoms with Gasteiger partial charge in [-0.05, 0) is 5.92 Å². The molecule has 0 aliphatic carbocycles. The highest BCUT2D eigenvalue weighted by Crippen LogP contribution is 2.17. The molecule has 0 spiro atoms. The van der Waals surface area contributed by atoms with E-state index in [4.69, 9.17) is 0 Å². The van der Waals surface area contributed by atoms with Gasteiger partial charge in [0.15, 0.2) is 5.78 Å². The molecule has 0 aromatic heterocycles. The average molecular weight is 234 g/mol. The van der Waals surface area contributed by atoms with Crippen molar-refractivity contribution >= 4 is 11.8 Å². The number of Topliss-reactive ketones (excluding diaryl/α,β-unsaturated/α-hetero) is 1. The lowest BCUT2D eigenvalue weighted by Crippen LogP contribution is -2.13. The van der Waals surface area contributed by atoms with Crippen LogP contribution >= 0.6 is 0 Å². The van der Waals surface area contributed by atoms with Gasteiger partial charge in [-0.2, -0.15) is 0 Å². The molecule has 0 unspecified atom stereocenters. The van der Waals surface area contributed by atoms with Crippen LogP contribution in [0.5, 0.6) is 0 Å². The third-order valence-corrected chi connectivity index (χ3v) is 2.83. The van der Waals surface area contributed by atoms with Crippen molar-refractivity contribution < 1.29 is 14.3 Å². The van der Waals surface area contributed by atoms with Crippen LogP contribution in [0.3, 0.4) is 0 Å². The van der Waals surface area contributed by atoms with E-state index in [0.717, 1.165) is 6.42 Å². The molecule has 1 rings (SSSR count). The molecule has 1 aromatic carbocycles. The van der Waals surface area contributed by atoms with Crippen LogP contribution in [0.1, 0.15) is 36.5 Å². The van der Waals surface area contributed by atoms with Crippen molar-refractivity contribution in [2.24, 2.45) is 5.92 Å². The zero-order valence-electron chi connectivity index (χ0n) is 10.3. The summed E-state index contributed by atoms with van der Waals surface area (Å²) in [6.45, 7) is 1.98. The van der Waals surface area contributed by atoms with Crippen LogP contribution in [0, 0.1) is 5.92 Å². The summed E-state index contributed by atoms with van der Waals surface area (Å²) in [5.74, 6) is -0.103. The van der Waals surface area contributed by atoms with Gasteiger partial charge >= 0.3 is 5.97 Å². The van der Waals surface area contributed by atoms with Gasteiger partial charge in [-0.25, -0.2) is 0 Å². The first-order valence-corrected chi connectivity index (χ1v) is 5.82. The van der Waals surface area contributed by atoms with Gasteiger partial charge in [0.25, 0.3) is 0 Å². The summed E-state index contributed by atoms with van der Waals surface area (Å²) >= 11 is 0. The molecule has 92 valence electrons. The molecular formula is C14H18O3. The van der Waals surface area contributed by atoms with Crippen molar-refractivity contribution in [3.8, 4) is 0 Å². The summed E-state index contributed by atoms with van der Waals surface area (Å²) < 4.78 is 4.62. The van der Waals surface area contributed by atoms with Crippen LogP contribution in [-0.2, 0) is 9.53 Å². The molecule has 0 saturated carbocycles. The van der Waals surface area contributed by atoms with Crippen molar-refractivity contribution in [2.45, 2.75) is 26.2 Å². The maximum atomic E-state index is 11.9. The lowest BCUT2D eigenvalue weighted by Gasteiger charge is -2.12. The Kier molecular flexibility index (Phi) is 5.40. The lowest BCUT2D eigenvalue weighted by molar-refractivity contribution is -0.141. The number of hydrogen-bond acceptors (Lipinski definition) is 3. The van der Waals surface area contributed by atoms with Crippen molar-refractivity contribution in [3.63, 3.8) is 0 Å². The Morgan fingerprint density at radius 3 is 2.35 bits per heavy atom. The standard InChI is InChI=1S/C14H18O3/c1-3-11(10-14(16)17-2)9-13(15)12-7-5-4-6-8-12/h4-8,11H,3,9-10H2,1-2H3/t11-/m0/s1. The van der Waals surface area contributed by atoms with Gasteiger partial charge < -0.3 is 4.74 Å². The molecule has 0 N–H and O–H groups in total. The molecule has 0 saturated heterocycles. The molecule has 0 fully saturated rings. The Morgan fingerprint density at radius 2 is 1.82 bits per heavy atom. The van der Waals surface area contributed by atoms with E-state index >= 15 is 0 Å². The molecular weight excluding hydrogens is 216 g/mol. The van der Waals surface area contributed by atoms with E-state index in [2.05, 4.69) is 4.74 Å². The number of rotatable bonds is 6. The summed E-state index contributed by atoms with van der Waals surface area (Å²) in [6, 6.07) is 9.16. The number of methoxy groups -OCH3 is 1. The molecule has 0 aliphatic rings. The first-order valence-electron chi connectivity index (χ1n) is 5.82. The highest BCUT2D eigenvalue weighted by molar-refractivity contribution is 5.96. The Balaban J connectivity index is 2.57. The number of esters is 1. The molecule has 1 atom stereocenters. The molecule has 17 heavy (non-hydrogen) atoms. The number of benzene rings is 1. The zero-order chi connectivity index (χ0) is 12.7. The highest BCUT2D eigenvalue weighted by Gasteiger charge is 2.17.